The Kier molecular flexibility index (Phi) is 3.58. The predicted octanol–water partition coefficient (Wildman–Crippen LogP) is -5.10. The largest absolute Gasteiger partial charge is 0.505 e. The first kappa shape index (κ1) is 16.4. The zero-order chi connectivity index (χ0) is 17.2. The van der Waals surface area contributed by atoms with Crippen molar-refractivity contribution in [3.8, 4) is 17.2 Å². The molecule has 0 bridgehead atoms. The molecule has 2 aliphatic heterocycles. The van der Waals surface area contributed by atoms with Crippen LogP contribution in [0.5, 0.6) is 17.2 Å². The molecule has 5 nitrogen and oxygen atoms in total. The number of amidine groups is 1. The summed E-state index contributed by atoms with van der Waals surface area (Å²) in [5, 5.41) is 9.24. The number of phenolic OH excluding ortho intramolecular Hbond substituents is 1. The second kappa shape index (κ2) is 5.02. The minimum absolute atomic E-state index is 0.0115. The quantitative estimate of drug-likeness (QED) is 0.508. The number of phenols is 1. The Bertz CT molecular complexity index is 722. The molecule has 0 saturated carbocycles. The Labute approximate surface area is 143 Å². The lowest BCUT2D eigenvalue weighted by molar-refractivity contribution is 0.130. The first-order valence-corrected chi connectivity index (χ1v) is 6.57. The fourth-order valence-corrected chi connectivity index (χ4v) is 2.25. The van der Waals surface area contributed by atoms with Gasteiger partial charge >= 0.3 is 0 Å². The summed E-state index contributed by atoms with van der Waals surface area (Å²) < 4.78 is 11.1. The van der Waals surface area contributed by atoms with Crippen molar-refractivity contribution in [2.45, 2.75) is 16.8 Å². The van der Waals surface area contributed by atoms with Gasteiger partial charge in [-0.15, -0.1) is 5.46 Å². The van der Waals surface area contributed by atoms with E-state index in [0.29, 0.717) is 0 Å². The maximum absolute atomic E-state index is 9.98. The van der Waals surface area contributed by atoms with E-state index in [2.05, 4.69) is 10.3 Å². The molecule has 14 radical (unpaired) electrons. The van der Waals surface area contributed by atoms with Crippen LogP contribution >= 0.6 is 0 Å². The van der Waals surface area contributed by atoms with Crippen LogP contribution in [0.15, 0.2) is 4.99 Å². The van der Waals surface area contributed by atoms with Crippen LogP contribution in [-0.4, -0.2) is 89.3 Å². The molecular formula is C11H5B7N2O3. The third-order valence-corrected chi connectivity index (χ3v) is 3.75. The Hall–Kier alpha value is -1.46. The van der Waals surface area contributed by atoms with Crippen LogP contribution in [0.4, 0.5) is 0 Å². The highest BCUT2D eigenvalue weighted by Crippen LogP contribution is 2.36. The van der Waals surface area contributed by atoms with E-state index >= 15 is 0 Å². The third kappa shape index (κ3) is 2.37. The highest BCUT2D eigenvalue weighted by Gasteiger charge is 2.43. The Morgan fingerprint density at radius 3 is 2.26 bits per heavy atom. The van der Waals surface area contributed by atoms with Gasteiger partial charge in [-0.1, -0.05) is 10.9 Å². The van der Waals surface area contributed by atoms with E-state index in [1.54, 1.807) is 0 Å². The molecule has 23 heavy (non-hydrogen) atoms. The number of ether oxygens (including phenoxy) is 2. The number of aliphatic imine (C=N–C) groups is 1. The lowest BCUT2D eigenvalue weighted by Gasteiger charge is -2.36. The van der Waals surface area contributed by atoms with E-state index in [1.165, 1.54) is 0 Å². The molecule has 3 rings (SSSR count). The van der Waals surface area contributed by atoms with Crippen molar-refractivity contribution in [3.05, 3.63) is 0 Å². The van der Waals surface area contributed by atoms with Crippen LogP contribution < -0.4 is 31.2 Å². The fourth-order valence-electron chi connectivity index (χ4n) is 2.25. The van der Waals surface area contributed by atoms with Crippen LogP contribution in [0, 0.1) is 0 Å². The van der Waals surface area contributed by atoms with Crippen LogP contribution in [0.1, 0.15) is 0 Å². The minimum atomic E-state index is -1.74. The van der Waals surface area contributed by atoms with Gasteiger partial charge in [0.2, 0.25) is 5.75 Å². The molecule has 1 unspecified atom stereocenters. The smallest absolute Gasteiger partial charge is 0.202 e. The van der Waals surface area contributed by atoms with Crippen LogP contribution in [0.2, 0.25) is 0 Å². The van der Waals surface area contributed by atoms with Crippen molar-refractivity contribution >= 4 is 77.1 Å². The maximum atomic E-state index is 9.98. The molecule has 98 valence electrons. The molecule has 0 fully saturated rings. The van der Waals surface area contributed by atoms with Crippen LogP contribution in [-0.2, 0) is 0 Å². The summed E-state index contributed by atoms with van der Waals surface area (Å²) in [5.41, 5.74) is -0.0894. The number of rotatable bonds is 1. The topological polar surface area (TPSA) is 63.1 Å². The zero-order valence-corrected chi connectivity index (χ0v) is 12.0. The number of benzene rings is 1. The second-order valence-electron chi connectivity index (χ2n) is 5.48. The van der Waals surface area contributed by atoms with Gasteiger partial charge < -0.3 is 19.9 Å². The van der Waals surface area contributed by atoms with Gasteiger partial charge in [0.25, 0.3) is 0 Å². The van der Waals surface area contributed by atoms with Crippen molar-refractivity contribution in [1.82, 2.24) is 5.32 Å². The molecule has 1 atom stereocenters. The first-order valence-electron chi connectivity index (χ1n) is 6.57. The number of fused-ring (bicyclic) bond motifs is 1. The molecule has 0 amide bonds. The van der Waals surface area contributed by atoms with E-state index < -0.39 is 16.8 Å². The Balaban J connectivity index is 1.96. The van der Waals surface area contributed by atoms with E-state index in [0.717, 1.165) is 0 Å². The van der Waals surface area contributed by atoms with Crippen molar-refractivity contribution in [3.63, 3.8) is 0 Å². The molecule has 0 aromatic heterocycles. The van der Waals surface area contributed by atoms with Gasteiger partial charge in [-0.05, 0) is 10.7 Å². The molecule has 0 aliphatic carbocycles. The van der Waals surface area contributed by atoms with E-state index in [1.807, 2.05) is 0 Å². The Morgan fingerprint density at radius 2 is 1.70 bits per heavy atom. The highest BCUT2D eigenvalue weighted by molar-refractivity contribution is 6.59. The van der Waals surface area contributed by atoms with E-state index in [-0.39, 0.29) is 46.1 Å². The normalized spacial score (nSPS) is 23.8. The predicted molar refractivity (Wildman–Crippen MR) is 93.2 cm³/mol. The zero-order valence-electron chi connectivity index (χ0n) is 12.0. The summed E-state index contributed by atoms with van der Waals surface area (Å²) in [7, 11) is 40.2. The van der Waals surface area contributed by atoms with Gasteiger partial charge in [-0.3, -0.25) is 4.99 Å². The van der Waals surface area contributed by atoms with Crippen molar-refractivity contribution in [2.24, 2.45) is 4.99 Å². The van der Waals surface area contributed by atoms with Crippen molar-refractivity contribution in [2.75, 3.05) is 6.61 Å². The van der Waals surface area contributed by atoms with Crippen LogP contribution in [0.25, 0.3) is 0 Å². The summed E-state index contributed by atoms with van der Waals surface area (Å²) >= 11 is 0. The molecule has 1 aromatic rings. The average Bonchev–Trinajstić information content (AvgIpc) is 2.70. The molecule has 1 aromatic carbocycles. The van der Waals surface area contributed by atoms with E-state index in [9.17, 15) is 5.11 Å². The lowest BCUT2D eigenvalue weighted by atomic mass is 9.39. The second-order valence-corrected chi connectivity index (χ2v) is 5.48. The molecule has 0 saturated heterocycles. The molecule has 2 heterocycles. The fraction of sp³-hybridized carbons (Fsp3) is 0.364. The maximum Gasteiger partial charge on any atom is 0.202 e. The van der Waals surface area contributed by atoms with Crippen LogP contribution in [0.3, 0.4) is 0 Å². The summed E-state index contributed by atoms with van der Waals surface area (Å²) in [4.78, 5) is 4.01. The van der Waals surface area contributed by atoms with Gasteiger partial charge in [0.1, 0.15) is 36.0 Å². The standard InChI is InChI=1S/C11H5B7N2O3/c12-3-4(13)6(21)8-7(5(3)14)23-2(1-22-8)9-19-10(15,16)11(17,18)20-9/h2,21H,1H2,(H,19,20). The molecule has 2 aliphatic rings. The van der Waals surface area contributed by atoms with Crippen molar-refractivity contribution < 1.29 is 14.6 Å². The third-order valence-electron chi connectivity index (χ3n) is 3.75. The Morgan fingerprint density at radius 1 is 1.04 bits per heavy atom. The summed E-state index contributed by atoms with van der Waals surface area (Å²) in [6.45, 7) is -0.0403. The summed E-state index contributed by atoms with van der Waals surface area (Å²) in [5.74, 6) is -0.158. The number of aromatic hydroxyl groups is 1. The molecular weight excluding hydrogens is 284 g/mol. The van der Waals surface area contributed by atoms with Crippen molar-refractivity contribution in [1.29, 1.82) is 0 Å². The SMILES string of the molecule is [B]c1c([B])c(O)c2c(c1[B])OC(C1=NC([B])([B])C([B])([B])N1)CO2. The highest BCUT2D eigenvalue weighted by atomic mass is 16.6. The monoisotopic (exact) mass is 290 g/mol. The molecule has 0 spiro atoms. The number of hydrogen-bond acceptors (Lipinski definition) is 5. The van der Waals surface area contributed by atoms with Gasteiger partial charge in [0.05, 0.1) is 31.4 Å². The van der Waals surface area contributed by atoms with Gasteiger partial charge in [-0.2, -0.15) is 0 Å². The number of hydrogen-bond donors (Lipinski definition) is 2. The average molecular weight is 289 g/mol. The first-order chi connectivity index (χ1) is 10.5. The molecule has 2 N–H and O–H groups in total. The van der Waals surface area contributed by atoms with Gasteiger partial charge in [-0.25, -0.2) is 0 Å². The number of nitrogens with one attached hydrogen (secondary N) is 1. The summed E-state index contributed by atoms with van der Waals surface area (Å²) in [6, 6.07) is 0. The summed E-state index contributed by atoms with van der Waals surface area (Å²) in [6.07, 6.45) is -0.785. The van der Waals surface area contributed by atoms with Gasteiger partial charge in [0.15, 0.2) is 17.6 Å². The molecule has 12 heteroatoms. The minimum Gasteiger partial charge on any atom is -0.505 e. The van der Waals surface area contributed by atoms with E-state index in [4.69, 9.17) is 64.4 Å². The van der Waals surface area contributed by atoms with Gasteiger partial charge in [0, 0.05) is 0 Å². The lowest BCUT2D eigenvalue weighted by Crippen LogP contribution is -2.61. The number of nitrogens with zero attached hydrogens (tertiary/aromatic N) is 1.